The fraction of sp³-hybridized carbons (Fsp3) is 0.400. The first-order chi connectivity index (χ1) is 15.8. The number of carbonyl (C=O) groups is 3. The van der Waals surface area contributed by atoms with Crippen LogP contribution >= 0.6 is 11.6 Å². The third-order valence-electron chi connectivity index (χ3n) is 6.35. The Bertz CT molecular complexity index is 1030. The minimum atomic E-state index is -0.781. The molecule has 2 saturated heterocycles. The smallest absolute Gasteiger partial charge is 0.255 e. The van der Waals surface area contributed by atoms with Crippen LogP contribution in [-0.2, 0) is 9.59 Å². The van der Waals surface area contributed by atoms with Crippen molar-refractivity contribution in [3.05, 3.63) is 65.2 Å². The fourth-order valence-corrected chi connectivity index (χ4v) is 4.96. The van der Waals surface area contributed by atoms with Gasteiger partial charge in [0.05, 0.1) is 17.3 Å². The van der Waals surface area contributed by atoms with Gasteiger partial charge in [-0.2, -0.15) is 0 Å². The monoisotopic (exact) mass is 468 g/mol. The van der Waals surface area contributed by atoms with Crippen LogP contribution in [0.3, 0.4) is 0 Å². The standard InChI is InChI=1S/C25H29ClN4O3/c1-18(2)27-22(31)16-29-17-30(19-8-4-3-5-9-19)25(24(29)33)12-14-28(15-13-25)23(32)20-10-6-7-11-21(20)26/h3-11,18H,12-17H2,1-2H3,(H,27,31). The number of halogens is 1. The molecule has 3 amide bonds. The van der Waals surface area contributed by atoms with Crippen LogP contribution in [0, 0.1) is 0 Å². The summed E-state index contributed by atoms with van der Waals surface area (Å²) in [6.07, 6.45) is 0.971. The highest BCUT2D eigenvalue weighted by Crippen LogP contribution is 2.39. The maximum Gasteiger partial charge on any atom is 0.255 e. The van der Waals surface area contributed by atoms with Crippen LogP contribution in [0.4, 0.5) is 5.69 Å². The molecule has 2 aromatic carbocycles. The number of nitrogens with zero attached hydrogens (tertiary/aromatic N) is 3. The predicted molar refractivity (Wildman–Crippen MR) is 128 cm³/mol. The van der Waals surface area contributed by atoms with E-state index >= 15 is 0 Å². The second kappa shape index (κ2) is 9.43. The summed E-state index contributed by atoms with van der Waals surface area (Å²) in [5.41, 5.74) is 0.625. The molecule has 2 aromatic rings. The summed E-state index contributed by atoms with van der Waals surface area (Å²) in [4.78, 5) is 44.6. The zero-order valence-corrected chi connectivity index (χ0v) is 19.7. The van der Waals surface area contributed by atoms with Crippen LogP contribution in [0.2, 0.25) is 5.02 Å². The van der Waals surface area contributed by atoms with Gasteiger partial charge < -0.3 is 20.0 Å². The van der Waals surface area contributed by atoms with Crippen molar-refractivity contribution in [2.45, 2.75) is 38.3 Å². The molecule has 2 aliphatic rings. The van der Waals surface area contributed by atoms with Crippen LogP contribution in [0.15, 0.2) is 54.6 Å². The van der Waals surface area contributed by atoms with E-state index in [1.54, 1.807) is 34.1 Å². The maximum absolute atomic E-state index is 13.7. The van der Waals surface area contributed by atoms with Crippen molar-refractivity contribution < 1.29 is 14.4 Å². The molecule has 0 aromatic heterocycles. The highest BCUT2D eigenvalue weighted by molar-refractivity contribution is 6.33. The molecular weight excluding hydrogens is 440 g/mol. The number of piperidine rings is 1. The Morgan fingerprint density at radius 1 is 1.03 bits per heavy atom. The van der Waals surface area contributed by atoms with Crippen molar-refractivity contribution in [1.82, 2.24) is 15.1 Å². The van der Waals surface area contributed by atoms with Gasteiger partial charge in [0.1, 0.15) is 12.1 Å². The number of likely N-dealkylation sites (tertiary alicyclic amines) is 1. The molecule has 0 atom stereocenters. The van der Waals surface area contributed by atoms with Gasteiger partial charge in [0.15, 0.2) is 0 Å². The number of benzene rings is 2. The lowest BCUT2D eigenvalue weighted by Crippen LogP contribution is -2.57. The average Bonchev–Trinajstić information content (AvgIpc) is 3.05. The van der Waals surface area contributed by atoms with E-state index in [2.05, 4.69) is 10.2 Å². The van der Waals surface area contributed by atoms with Crippen LogP contribution in [-0.4, -0.2) is 65.4 Å². The molecule has 2 heterocycles. The summed E-state index contributed by atoms with van der Waals surface area (Å²) in [5, 5.41) is 3.29. The SMILES string of the molecule is CC(C)NC(=O)CN1CN(c2ccccc2)C2(CCN(C(=O)c3ccccc3Cl)CC2)C1=O. The van der Waals surface area contributed by atoms with Crippen LogP contribution < -0.4 is 10.2 Å². The minimum absolute atomic E-state index is 0.00783. The number of amides is 3. The molecular formula is C25H29ClN4O3. The number of para-hydroxylation sites is 1. The summed E-state index contributed by atoms with van der Waals surface area (Å²) in [6.45, 7) is 5.02. The first-order valence-corrected chi connectivity index (χ1v) is 11.6. The topological polar surface area (TPSA) is 73.0 Å². The van der Waals surface area contributed by atoms with E-state index in [4.69, 9.17) is 11.6 Å². The van der Waals surface area contributed by atoms with Gasteiger partial charge in [0.2, 0.25) is 5.91 Å². The molecule has 2 fully saturated rings. The van der Waals surface area contributed by atoms with Gasteiger partial charge in [-0.05, 0) is 51.0 Å². The second-order valence-electron chi connectivity index (χ2n) is 8.93. The number of anilines is 1. The average molecular weight is 469 g/mol. The molecule has 0 saturated carbocycles. The van der Waals surface area contributed by atoms with Crippen molar-refractivity contribution in [3.8, 4) is 0 Å². The van der Waals surface area contributed by atoms with E-state index in [9.17, 15) is 14.4 Å². The Morgan fingerprint density at radius 2 is 1.67 bits per heavy atom. The molecule has 0 unspecified atom stereocenters. The molecule has 7 nitrogen and oxygen atoms in total. The number of hydrogen-bond acceptors (Lipinski definition) is 4. The largest absolute Gasteiger partial charge is 0.352 e. The molecule has 2 aliphatic heterocycles. The van der Waals surface area contributed by atoms with Crippen LogP contribution in [0.25, 0.3) is 0 Å². The number of rotatable bonds is 5. The van der Waals surface area contributed by atoms with E-state index in [1.807, 2.05) is 44.2 Å². The number of nitrogens with one attached hydrogen (secondary N) is 1. The Kier molecular flexibility index (Phi) is 6.61. The Hall–Kier alpha value is -3.06. The van der Waals surface area contributed by atoms with E-state index in [0.29, 0.717) is 43.2 Å². The Labute approximate surface area is 199 Å². The maximum atomic E-state index is 13.7. The van der Waals surface area contributed by atoms with Crippen molar-refractivity contribution in [2.75, 3.05) is 31.2 Å². The lowest BCUT2D eigenvalue weighted by atomic mass is 9.85. The summed E-state index contributed by atoms with van der Waals surface area (Å²) >= 11 is 6.23. The van der Waals surface area contributed by atoms with Gasteiger partial charge in [-0.25, -0.2) is 0 Å². The zero-order chi connectivity index (χ0) is 23.6. The van der Waals surface area contributed by atoms with Crippen molar-refractivity contribution in [1.29, 1.82) is 0 Å². The summed E-state index contributed by atoms with van der Waals surface area (Å²) < 4.78 is 0. The van der Waals surface area contributed by atoms with E-state index in [-0.39, 0.29) is 30.3 Å². The molecule has 4 rings (SSSR count). The molecule has 174 valence electrons. The Balaban J connectivity index is 1.56. The molecule has 1 spiro atoms. The molecule has 33 heavy (non-hydrogen) atoms. The third kappa shape index (κ3) is 4.55. The predicted octanol–water partition coefficient (Wildman–Crippen LogP) is 3.15. The fourth-order valence-electron chi connectivity index (χ4n) is 4.75. The van der Waals surface area contributed by atoms with Crippen molar-refractivity contribution in [3.63, 3.8) is 0 Å². The third-order valence-corrected chi connectivity index (χ3v) is 6.68. The number of carbonyl (C=O) groups excluding carboxylic acids is 3. The van der Waals surface area contributed by atoms with Gasteiger partial charge in [0.25, 0.3) is 11.8 Å². The molecule has 0 bridgehead atoms. The van der Waals surface area contributed by atoms with Crippen LogP contribution in [0.5, 0.6) is 0 Å². The van der Waals surface area contributed by atoms with Gasteiger partial charge in [-0.1, -0.05) is 41.9 Å². The quantitative estimate of drug-likeness (QED) is 0.731. The van der Waals surface area contributed by atoms with Gasteiger partial charge >= 0.3 is 0 Å². The lowest BCUT2D eigenvalue weighted by Gasteiger charge is -2.43. The normalized spacial score (nSPS) is 17.7. The highest BCUT2D eigenvalue weighted by atomic mass is 35.5. The number of hydrogen-bond donors (Lipinski definition) is 1. The summed E-state index contributed by atoms with van der Waals surface area (Å²) in [5.74, 6) is -0.356. The minimum Gasteiger partial charge on any atom is -0.352 e. The van der Waals surface area contributed by atoms with Crippen molar-refractivity contribution in [2.24, 2.45) is 0 Å². The van der Waals surface area contributed by atoms with Gasteiger partial charge in [0, 0.05) is 24.8 Å². The summed E-state index contributed by atoms with van der Waals surface area (Å²) in [6, 6.07) is 16.8. The van der Waals surface area contributed by atoms with E-state index in [1.165, 1.54) is 0 Å². The van der Waals surface area contributed by atoms with Crippen molar-refractivity contribution >= 4 is 35.0 Å². The lowest BCUT2D eigenvalue weighted by molar-refractivity contribution is -0.137. The van der Waals surface area contributed by atoms with E-state index in [0.717, 1.165) is 5.69 Å². The molecule has 0 radical (unpaired) electrons. The van der Waals surface area contributed by atoms with Crippen LogP contribution in [0.1, 0.15) is 37.0 Å². The molecule has 1 N–H and O–H groups in total. The molecule has 0 aliphatic carbocycles. The molecule has 8 heteroatoms. The zero-order valence-electron chi connectivity index (χ0n) is 19.0. The highest BCUT2D eigenvalue weighted by Gasteiger charge is 2.54. The van der Waals surface area contributed by atoms with Gasteiger partial charge in [-0.15, -0.1) is 0 Å². The summed E-state index contributed by atoms with van der Waals surface area (Å²) in [7, 11) is 0. The Morgan fingerprint density at radius 3 is 2.30 bits per heavy atom. The first kappa shape index (κ1) is 23.1. The second-order valence-corrected chi connectivity index (χ2v) is 9.34. The first-order valence-electron chi connectivity index (χ1n) is 11.3. The van der Waals surface area contributed by atoms with E-state index < -0.39 is 5.54 Å². The van der Waals surface area contributed by atoms with Gasteiger partial charge in [-0.3, -0.25) is 14.4 Å².